The molecule has 2 saturated carbocycles. The van der Waals surface area contributed by atoms with Crippen LogP contribution >= 0.6 is 15.8 Å². The second-order valence-electron chi connectivity index (χ2n) is 15.2. The van der Waals surface area contributed by atoms with Gasteiger partial charge in [0.05, 0.1) is 0 Å². The predicted molar refractivity (Wildman–Crippen MR) is 216 cm³/mol. The van der Waals surface area contributed by atoms with E-state index < -0.39 is 15.8 Å². The van der Waals surface area contributed by atoms with Gasteiger partial charge in [-0.2, -0.15) is 0 Å². The van der Waals surface area contributed by atoms with Crippen molar-refractivity contribution in [1.29, 1.82) is 0 Å². The highest BCUT2D eigenvalue weighted by Gasteiger charge is 2.41. The molecule has 6 rings (SSSR count). The molecule has 0 spiro atoms. The molecule has 2 aliphatic rings. The molecule has 0 saturated heterocycles. The number of hydrogen-bond acceptors (Lipinski definition) is 3. The SMILES string of the molecule is Cc1ccc(Oc2ccc(C)cc2P(c2ccccc2)C2CCCC2[C@@H](C)N(C)C)c(P(c2ccccc2)C2CCCC2[C@@H](C)N(C)C)c1. The summed E-state index contributed by atoms with van der Waals surface area (Å²) < 4.78 is 7.37. The van der Waals surface area contributed by atoms with Gasteiger partial charge in [-0.25, -0.2) is 0 Å². The zero-order valence-electron chi connectivity index (χ0n) is 31.1. The quantitative estimate of drug-likeness (QED) is 0.138. The van der Waals surface area contributed by atoms with Gasteiger partial charge in [0.1, 0.15) is 11.5 Å². The first kappa shape index (κ1) is 36.3. The molecular formula is C44H58N2OP2. The Kier molecular flexibility index (Phi) is 12.0. The Bertz CT molecular complexity index is 1540. The number of aryl methyl sites for hydroxylation is 2. The van der Waals surface area contributed by atoms with Gasteiger partial charge in [0.2, 0.25) is 0 Å². The maximum Gasteiger partial charge on any atom is 0.135 e. The average molecular weight is 693 g/mol. The van der Waals surface area contributed by atoms with Crippen LogP contribution in [-0.2, 0) is 0 Å². The fourth-order valence-corrected chi connectivity index (χ4v) is 15.5. The molecule has 0 bridgehead atoms. The lowest BCUT2D eigenvalue weighted by atomic mass is 9.98. The molecule has 6 unspecified atom stereocenters. The summed E-state index contributed by atoms with van der Waals surface area (Å²) in [4.78, 5) is 4.88. The van der Waals surface area contributed by atoms with Crippen LogP contribution in [0, 0.1) is 25.7 Å². The van der Waals surface area contributed by atoms with E-state index >= 15 is 0 Å². The molecule has 4 aromatic carbocycles. The van der Waals surface area contributed by atoms with E-state index in [-0.39, 0.29) is 0 Å². The van der Waals surface area contributed by atoms with Crippen LogP contribution in [0.1, 0.15) is 63.5 Å². The van der Waals surface area contributed by atoms with E-state index in [0.29, 0.717) is 35.2 Å². The Balaban J connectivity index is 1.47. The van der Waals surface area contributed by atoms with Crippen molar-refractivity contribution in [3.8, 4) is 11.5 Å². The van der Waals surface area contributed by atoms with E-state index in [2.05, 4.69) is 163 Å². The molecule has 49 heavy (non-hydrogen) atoms. The number of rotatable bonds is 12. The lowest BCUT2D eigenvalue weighted by Gasteiger charge is -2.37. The average Bonchev–Trinajstić information content (AvgIpc) is 3.78. The van der Waals surface area contributed by atoms with Gasteiger partial charge in [-0.3, -0.25) is 0 Å². The minimum atomic E-state index is -0.640. The summed E-state index contributed by atoms with van der Waals surface area (Å²) in [6.45, 7) is 9.37. The minimum absolute atomic E-state index is 0.539. The first-order chi connectivity index (χ1) is 23.6. The molecule has 260 valence electrons. The van der Waals surface area contributed by atoms with Crippen LogP contribution in [0.3, 0.4) is 0 Å². The maximum atomic E-state index is 7.37. The van der Waals surface area contributed by atoms with Crippen molar-refractivity contribution in [3.63, 3.8) is 0 Å². The van der Waals surface area contributed by atoms with Crippen LogP contribution < -0.4 is 26.0 Å². The molecule has 8 atom stereocenters. The molecular weight excluding hydrogens is 634 g/mol. The van der Waals surface area contributed by atoms with Crippen LogP contribution in [-0.4, -0.2) is 61.4 Å². The second kappa shape index (κ2) is 16.2. The van der Waals surface area contributed by atoms with Crippen molar-refractivity contribution < 1.29 is 4.74 Å². The fourth-order valence-electron chi connectivity index (χ4n) is 8.59. The third kappa shape index (κ3) is 8.02. The Morgan fingerprint density at radius 3 is 1.31 bits per heavy atom. The molecule has 3 nitrogen and oxygen atoms in total. The van der Waals surface area contributed by atoms with Crippen molar-refractivity contribution in [2.24, 2.45) is 11.8 Å². The van der Waals surface area contributed by atoms with Gasteiger partial charge in [0, 0.05) is 22.7 Å². The van der Waals surface area contributed by atoms with E-state index in [1.165, 1.54) is 70.9 Å². The Morgan fingerprint density at radius 1 is 0.551 bits per heavy atom. The number of hydrogen-bond donors (Lipinski definition) is 0. The minimum Gasteiger partial charge on any atom is -0.456 e. The summed E-state index contributed by atoms with van der Waals surface area (Å²) in [6.07, 6.45) is 7.76. The van der Waals surface area contributed by atoms with Gasteiger partial charge >= 0.3 is 0 Å². The molecule has 0 heterocycles. The first-order valence-electron chi connectivity index (χ1n) is 18.5. The Hall–Kier alpha value is -2.54. The third-order valence-corrected chi connectivity index (χ3v) is 17.7. The smallest absolute Gasteiger partial charge is 0.135 e. The molecule has 0 amide bonds. The molecule has 5 heteroatoms. The molecule has 2 aliphatic carbocycles. The molecule has 4 aromatic rings. The van der Waals surface area contributed by atoms with E-state index in [4.69, 9.17) is 4.74 Å². The highest BCUT2D eigenvalue weighted by atomic mass is 31.1. The standard InChI is InChI=1S/C44H58N2OP2/c1-31-25-27-39(43(29-31)48(35-17-11-9-12-18-35)41-23-15-21-37(41)33(3)45(5)6)47-40-28-26-32(2)30-44(40)49(36-19-13-10-14-20-36)42-24-16-22-38(42)34(4)46(7)8/h9-14,17-20,25-30,33-34,37-38,41-42H,15-16,21-24H2,1-8H3/t33-,34-,37?,38?,41?,42?,48?,49?/m1/s1. The second-order valence-corrected chi connectivity index (χ2v) is 20.0. The molecule has 0 aromatic heterocycles. The van der Waals surface area contributed by atoms with Gasteiger partial charge in [0.15, 0.2) is 0 Å². The third-order valence-electron chi connectivity index (χ3n) is 11.6. The normalized spacial score (nSPS) is 23.5. The van der Waals surface area contributed by atoms with Crippen LogP contribution in [0.2, 0.25) is 0 Å². The zero-order valence-corrected chi connectivity index (χ0v) is 32.9. The van der Waals surface area contributed by atoms with E-state index in [1.54, 1.807) is 0 Å². The number of nitrogens with zero attached hydrogens (tertiary/aromatic N) is 2. The lowest BCUT2D eigenvalue weighted by molar-refractivity contribution is 0.232. The van der Waals surface area contributed by atoms with E-state index in [1.807, 2.05) is 0 Å². The Morgan fingerprint density at radius 2 is 0.939 bits per heavy atom. The topological polar surface area (TPSA) is 15.7 Å². The largest absolute Gasteiger partial charge is 0.456 e. The van der Waals surface area contributed by atoms with Crippen molar-refractivity contribution in [2.45, 2.75) is 89.6 Å². The lowest BCUT2D eigenvalue weighted by Crippen LogP contribution is -2.38. The molecule has 0 radical (unpaired) electrons. The number of ether oxygens (including phenoxy) is 1. The van der Waals surface area contributed by atoms with E-state index in [9.17, 15) is 0 Å². The Labute approximate surface area is 300 Å². The summed E-state index contributed by atoms with van der Waals surface area (Å²) >= 11 is 0. The van der Waals surface area contributed by atoms with Crippen LogP contribution in [0.25, 0.3) is 0 Å². The number of benzene rings is 4. The van der Waals surface area contributed by atoms with Crippen molar-refractivity contribution >= 4 is 37.1 Å². The monoisotopic (exact) mass is 692 g/mol. The van der Waals surface area contributed by atoms with Gasteiger partial charge in [-0.15, -0.1) is 0 Å². The highest BCUT2D eigenvalue weighted by Crippen LogP contribution is 2.55. The summed E-state index contributed by atoms with van der Waals surface area (Å²) in [5.74, 6) is 3.41. The highest BCUT2D eigenvalue weighted by molar-refractivity contribution is 7.74. The van der Waals surface area contributed by atoms with E-state index in [0.717, 1.165) is 11.5 Å². The van der Waals surface area contributed by atoms with Gasteiger partial charge in [-0.05, 0) is 155 Å². The summed E-state index contributed by atoms with van der Waals surface area (Å²) in [5.41, 5.74) is 3.85. The molecule has 0 N–H and O–H groups in total. The molecule has 2 fully saturated rings. The van der Waals surface area contributed by atoms with Crippen LogP contribution in [0.5, 0.6) is 11.5 Å². The zero-order chi connectivity index (χ0) is 34.7. The summed E-state index contributed by atoms with van der Waals surface area (Å²) in [5, 5.41) is 5.75. The van der Waals surface area contributed by atoms with Gasteiger partial charge in [0.25, 0.3) is 0 Å². The summed E-state index contributed by atoms with van der Waals surface area (Å²) in [6, 6.07) is 37.9. The predicted octanol–water partition coefficient (Wildman–Crippen LogP) is 9.20. The van der Waals surface area contributed by atoms with Gasteiger partial charge in [-0.1, -0.05) is 96.8 Å². The van der Waals surface area contributed by atoms with Gasteiger partial charge < -0.3 is 14.5 Å². The summed E-state index contributed by atoms with van der Waals surface area (Å²) in [7, 11) is 7.74. The fraction of sp³-hybridized carbons (Fsp3) is 0.455. The van der Waals surface area contributed by atoms with Crippen molar-refractivity contribution in [2.75, 3.05) is 28.2 Å². The van der Waals surface area contributed by atoms with Crippen LogP contribution in [0.4, 0.5) is 0 Å². The first-order valence-corrected chi connectivity index (χ1v) is 21.4. The van der Waals surface area contributed by atoms with Crippen molar-refractivity contribution in [1.82, 2.24) is 9.80 Å². The van der Waals surface area contributed by atoms with Crippen LogP contribution in [0.15, 0.2) is 97.1 Å². The maximum absolute atomic E-state index is 7.37. The molecule has 0 aliphatic heterocycles. The van der Waals surface area contributed by atoms with Crippen molar-refractivity contribution in [3.05, 3.63) is 108 Å².